The van der Waals surface area contributed by atoms with E-state index >= 15 is 0 Å². The molecule has 5 heteroatoms. The minimum atomic E-state index is -0.0630. The molecule has 0 unspecified atom stereocenters. The number of nitrogens with zero attached hydrogens (tertiary/aromatic N) is 2. The van der Waals surface area contributed by atoms with Crippen LogP contribution in [-0.2, 0) is 11.2 Å². The fraction of sp³-hybridized carbons (Fsp3) is 0.333. The Morgan fingerprint density at radius 3 is 2.57 bits per heavy atom. The minimum absolute atomic E-state index is 0.0630. The molecule has 0 fully saturated rings. The van der Waals surface area contributed by atoms with Crippen LogP contribution in [0.15, 0.2) is 47.1 Å². The van der Waals surface area contributed by atoms with Crippen molar-refractivity contribution in [2.45, 2.75) is 26.2 Å². The molecule has 0 aliphatic rings. The lowest BCUT2D eigenvalue weighted by Gasteiger charge is -2.18. The van der Waals surface area contributed by atoms with Crippen molar-refractivity contribution in [3.63, 3.8) is 0 Å². The van der Waals surface area contributed by atoms with Gasteiger partial charge in [-0.15, -0.1) is 0 Å². The van der Waals surface area contributed by atoms with E-state index in [2.05, 4.69) is 45.1 Å². The summed E-state index contributed by atoms with van der Waals surface area (Å²) in [5.74, 6) is 0.520. The first-order valence-electron chi connectivity index (χ1n) is 7.80. The lowest BCUT2D eigenvalue weighted by molar-refractivity contribution is -0.115. The fourth-order valence-electron chi connectivity index (χ4n) is 2.18. The zero-order chi connectivity index (χ0) is 16.7. The molecule has 1 amide bonds. The summed E-state index contributed by atoms with van der Waals surface area (Å²) in [5, 5.41) is 2.83. The first-order chi connectivity index (χ1) is 11.1. The van der Waals surface area contributed by atoms with E-state index in [1.807, 2.05) is 36.4 Å². The molecule has 0 aliphatic heterocycles. The van der Waals surface area contributed by atoms with Gasteiger partial charge in [0.25, 0.3) is 0 Å². The number of aromatic nitrogens is 1. The molecule has 0 saturated heterocycles. The fourth-order valence-corrected chi connectivity index (χ4v) is 2.45. The summed E-state index contributed by atoms with van der Waals surface area (Å²) in [4.78, 5) is 18.5. The van der Waals surface area contributed by atoms with Crippen LogP contribution in [0.1, 0.15) is 25.3 Å². The van der Waals surface area contributed by atoms with Gasteiger partial charge in [0, 0.05) is 18.1 Å². The Bertz CT molecular complexity index is 626. The summed E-state index contributed by atoms with van der Waals surface area (Å²) >= 11 is 3.38. The van der Waals surface area contributed by atoms with Gasteiger partial charge in [0.15, 0.2) is 0 Å². The number of unbranched alkanes of at least 4 members (excludes halogenated alkanes) is 1. The van der Waals surface area contributed by atoms with E-state index in [1.54, 1.807) is 6.20 Å². The summed E-state index contributed by atoms with van der Waals surface area (Å²) < 4.78 is 1.01. The Morgan fingerprint density at radius 1 is 1.22 bits per heavy atom. The van der Waals surface area contributed by atoms with Crippen molar-refractivity contribution in [1.29, 1.82) is 0 Å². The number of rotatable bonds is 7. The van der Waals surface area contributed by atoms with Crippen molar-refractivity contribution in [2.24, 2.45) is 0 Å². The molecule has 2 aromatic rings. The van der Waals surface area contributed by atoms with E-state index in [-0.39, 0.29) is 5.91 Å². The highest BCUT2D eigenvalue weighted by Crippen LogP contribution is 2.15. The van der Waals surface area contributed by atoms with Crippen LogP contribution in [0.2, 0.25) is 0 Å². The zero-order valence-electron chi connectivity index (χ0n) is 13.6. The van der Waals surface area contributed by atoms with Crippen molar-refractivity contribution in [3.05, 3.63) is 52.6 Å². The second kappa shape index (κ2) is 8.67. The molecule has 1 heterocycles. The molecule has 122 valence electrons. The molecular formula is C18H22BrN3O. The quantitative estimate of drug-likeness (QED) is 0.785. The topological polar surface area (TPSA) is 45.2 Å². The van der Waals surface area contributed by atoms with Crippen molar-refractivity contribution in [1.82, 2.24) is 4.98 Å². The number of benzene rings is 1. The maximum atomic E-state index is 12.1. The van der Waals surface area contributed by atoms with Crippen LogP contribution in [0.4, 0.5) is 11.5 Å². The molecular weight excluding hydrogens is 354 g/mol. The summed E-state index contributed by atoms with van der Waals surface area (Å²) in [7, 11) is 2.05. The molecule has 1 aromatic carbocycles. The predicted molar refractivity (Wildman–Crippen MR) is 98.9 cm³/mol. The largest absolute Gasteiger partial charge is 0.373 e. The molecule has 0 radical (unpaired) electrons. The van der Waals surface area contributed by atoms with Gasteiger partial charge in [-0.1, -0.05) is 41.4 Å². The second-order valence-electron chi connectivity index (χ2n) is 5.53. The Kier molecular flexibility index (Phi) is 6.59. The third-order valence-corrected chi connectivity index (χ3v) is 4.11. The van der Waals surface area contributed by atoms with Gasteiger partial charge < -0.3 is 10.2 Å². The molecule has 0 spiro atoms. The highest BCUT2D eigenvalue weighted by molar-refractivity contribution is 9.10. The summed E-state index contributed by atoms with van der Waals surface area (Å²) in [5.41, 5.74) is 2.03. The molecule has 0 aliphatic carbocycles. The van der Waals surface area contributed by atoms with Crippen LogP contribution in [0.5, 0.6) is 0 Å². The van der Waals surface area contributed by atoms with Gasteiger partial charge in [-0.3, -0.25) is 4.79 Å². The number of hydrogen-bond donors (Lipinski definition) is 1. The normalized spacial score (nSPS) is 10.4. The van der Waals surface area contributed by atoms with Gasteiger partial charge in [-0.05, 0) is 36.2 Å². The lowest BCUT2D eigenvalue weighted by Crippen LogP contribution is -2.19. The van der Waals surface area contributed by atoms with E-state index in [4.69, 9.17) is 0 Å². The number of carbonyl (C=O) groups is 1. The van der Waals surface area contributed by atoms with Crippen LogP contribution in [0.3, 0.4) is 0 Å². The van der Waals surface area contributed by atoms with Gasteiger partial charge in [0.05, 0.1) is 18.3 Å². The molecule has 0 saturated carbocycles. The highest BCUT2D eigenvalue weighted by Gasteiger charge is 2.06. The summed E-state index contributed by atoms with van der Waals surface area (Å²) in [6, 6.07) is 11.6. The van der Waals surface area contributed by atoms with Crippen LogP contribution in [0.25, 0.3) is 0 Å². The van der Waals surface area contributed by atoms with Gasteiger partial charge >= 0.3 is 0 Å². The number of amides is 1. The number of hydrogen-bond acceptors (Lipinski definition) is 3. The monoisotopic (exact) mass is 375 g/mol. The number of halogens is 1. The summed E-state index contributed by atoms with van der Waals surface area (Å²) in [6.07, 6.45) is 4.46. The van der Waals surface area contributed by atoms with E-state index < -0.39 is 0 Å². The Hall–Kier alpha value is -1.88. The molecule has 0 atom stereocenters. The molecule has 23 heavy (non-hydrogen) atoms. The highest BCUT2D eigenvalue weighted by atomic mass is 79.9. The maximum absolute atomic E-state index is 12.1. The molecule has 1 aromatic heterocycles. The van der Waals surface area contributed by atoms with Gasteiger partial charge in [0.1, 0.15) is 5.82 Å². The van der Waals surface area contributed by atoms with Crippen molar-refractivity contribution < 1.29 is 4.79 Å². The zero-order valence-corrected chi connectivity index (χ0v) is 15.1. The second-order valence-corrected chi connectivity index (χ2v) is 6.44. The predicted octanol–water partition coefficient (Wildman–Crippen LogP) is 4.26. The average Bonchev–Trinajstić information content (AvgIpc) is 2.55. The van der Waals surface area contributed by atoms with Crippen molar-refractivity contribution in [2.75, 3.05) is 23.8 Å². The molecule has 1 N–H and O–H groups in total. The number of pyridine rings is 1. The molecule has 4 nitrogen and oxygen atoms in total. The van der Waals surface area contributed by atoms with Gasteiger partial charge in [-0.25, -0.2) is 4.98 Å². The van der Waals surface area contributed by atoms with Crippen molar-refractivity contribution >= 4 is 33.3 Å². The third-order valence-electron chi connectivity index (χ3n) is 3.58. The number of carbonyl (C=O) groups excluding carboxylic acids is 1. The summed E-state index contributed by atoms with van der Waals surface area (Å²) in [6.45, 7) is 3.18. The number of anilines is 2. The Morgan fingerprint density at radius 2 is 1.96 bits per heavy atom. The van der Waals surface area contributed by atoms with Crippen LogP contribution < -0.4 is 10.2 Å². The van der Waals surface area contributed by atoms with Crippen LogP contribution >= 0.6 is 15.9 Å². The minimum Gasteiger partial charge on any atom is -0.373 e. The Balaban J connectivity index is 1.89. The van der Waals surface area contributed by atoms with E-state index in [0.717, 1.165) is 28.7 Å². The Labute approximate surface area is 146 Å². The van der Waals surface area contributed by atoms with Crippen LogP contribution in [-0.4, -0.2) is 24.5 Å². The molecule has 2 rings (SSSR count). The maximum Gasteiger partial charge on any atom is 0.229 e. The van der Waals surface area contributed by atoms with E-state index in [9.17, 15) is 4.79 Å². The SMILES string of the molecule is CCCCN(C)c1ccc(NC(=O)Cc2ccc(Br)cc2)nc1. The standard InChI is InChI=1S/C18H22BrN3O/c1-3-4-11-22(2)16-9-10-17(20-13-16)21-18(23)12-14-5-7-15(19)8-6-14/h5-10,13H,3-4,11-12H2,1-2H3,(H,20,21,23). The third kappa shape index (κ3) is 5.67. The number of nitrogens with one attached hydrogen (secondary N) is 1. The van der Waals surface area contributed by atoms with Crippen LogP contribution in [0, 0.1) is 0 Å². The first kappa shape index (κ1) is 17.5. The first-order valence-corrected chi connectivity index (χ1v) is 8.59. The lowest BCUT2D eigenvalue weighted by atomic mass is 10.1. The van der Waals surface area contributed by atoms with E-state index in [0.29, 0.717) is 12.2 Å². The van der Waals surface area contributed by atoms with Gasteiger partial charge in [0.2, 0.25) is 5.91 Å². The van der Waals surface area contributed by atoms with Crippen molar-refractivity contribution in [3.8, 4) is 0 Å². The van der Waals surface area contributed by atoms with E-state index in [1.165, 1.54) is 6.42 Å². The van der Waals surface area contributed by atoms with Gasteiger partial charge in [-0.2, -0.15) is 0 Å². The smallest absolute Gasteiger partial charge is 0.229 e. The average molecular weight is 376 g/mol. The molecule has 0 bridgehead atoms.